The highest BCUT2D eigenvalue weighted by Gasteiger charge is 2.22. The van der Waals surface area contributed by atoms with Gasteiger partial charge in [0.15, 0.2) is 0 Å². The molecule has 1 aromatic rings. The van der Waals surface area contributed by atoms with Crippen molar-refractivity contribution in [1.82, 2.24) is 10.6 Å². The summed E-state index contributed by atoms with van der Waals surface area (Å²) in [4.78, 5) is 12.0. The number of rotatable bonds is 4. The minimum atomic E-state index is -0.254. The molecular formula is C14H20N2O3. The Morgan fingerprint density at radius 2 is 2.26 bits per heavy atom. The number of carbonyl (C=O) groups is 1. The second-order valence-corrected chi connectivity index (χ2v) is 4.86. The zero-order chi connectivity index (χ0) is 13.7. The third-order valence-corrected chi connectivity index (χ3v) is 3.11. The van der Waals surface area contributed by atoms with Gasteiger partial charge in [-0.05, 0) is 31.0 Å². The summed E-state index contributed by atoms with van der Waals surface area (Å²) in [5, 5.41) is 15.3. The maximum absolute atomic E-state index is 12.0. The van der Waals surface area contributed by atoms with Crippen LogP contribution in [0.4, 0.5) is 0 Å². The average Bonchev–Trinajstić information content (AvgIpc) is 2.42. The summed E-state index contributed by atoms with van der Waals surface area (Å²) in [7, 11) is 0. The lowest BCUT2D eigenvalue weighted by molar-refractivity contribution is -0.126. The monoisotopic (exact) mass is 264 g/mol. The van der Waals surface area contributed by atoms with E-state index in [-0.39, 0.29) is 23.7 Å². The molecule has 1 fully saturated rings. The summed E-state index contributed by atoms with van der Waals surface area (Å²) in [5.41, 5.74) is 1.08. The minimum absolute atomic E-state index is 0.0222. The van der Waals surface area contributed by atoms with Crippen LogP contribution in [0.5, 0.6) is 5.75 Å². The molecule has 2 rings (SSSR count). The molecule has 0 spiro atoms. The molecule has 2 atom stereocenters. The first-order valence-electron chi connectivity index (χ1n) is 6.54. The fourth-order valence-corrected chi connectivity index (χ4v) is 2.11. The van der Waals surface area contributed by atoms with Crippen LogP contribution in [0.3, 0.4) is 0 Å². The van der Waals surface area contributed by atoms with E-state index >= 15 is 0 Å². The third kappa shape index (κ3) is 4.22. The van der Waals surface area contributed by atoms with Gasteiger partial charge in [-0.3, -0.25) is 4.79 Å². The Labute approximate surface area is 113 Å². The van der Waals surface area contributed by atoms with Gasteiger partial charge in [-0.2, -0.15) is 0 Å². The molecule has 0 bridgehead atoms. The van der Waals surface area contributed by atoms with E-state index < -0.39 is 0 Å². The van der Waals surface area contributed by atoms with E-state index in [1.165, 1.54) is 0 Å². The number of carbonyl (C=O) groups excluding carboxylic acids is 1. The Balaban J connectivity index is 1.81. The first-order chi connectivity index (χ1) is 9.15. The fourth-order valence-electron chi connectivity index (χ4n) is 2.11. The maximum atomic E-state index is 12.0. The largest absolute Gasteiger partial charge is 0.508 e. The molecule has 1 saturated heterocycles. The van der Waals surface area contributed by atoms with Crippen molar-refractivity contribution in [3.05, 3.63) is 29.8 Å². The number of phenols is 1. The Kier molecular flexibility index (Phi) is 4.76. The van der Waals surface area contributed by atoms with Gasteiger partial charge in [-0.15, -0.1) is 0 Å². The van der Waals surface area contributed by atoms with Crippen molar-refractivity contribution < 1.29 is 14.6 Å². The number of morpholine rings is 1. The van der Waals surface area contributed by atoms with Gasteiger partial charge in [0.2, 0.25) is 5.91 Å². The van der Waals surface area contributed by atoms with Crippen LogP contribution in [-0.4, -0.2) is 42.9 Å². The lowest BCUT2D eigenvalue weighted by Crippen LogP contribution is -2.53. The molecule has 104 valence electrons. The van der Waals surface area contributed by atoms with Crippen LogP contribution in [0.2, 0.25) is 0 Å². The Morgan fingerprint density at radius 3 is 2.89 bits per heavy atom. The second-order valence-electron chi connectivity index (χ2n) is 4.86. The Morgan fingerprint density at radius 1 is 1.53 bits per heavy atom. The van der Waals surface area contributed by atoms with E-state index in [4.69, 9.17) is 4.74 Å². The molecule has 1 amide bonds. The quantitative estimate of drug-likeness (QED) is 0.737. The number of aromatic hydroxyl groups is 1. The van der Waals surface area contributed by atoms with Gasteiger partial charge in [-0.1, -0.05) is 12.1 Å². The zero-order valence-electron chi connectivity index (χ0n) is 11.1. The van der Waals surface area contributed by atoms with Gasteiger partial charge < -0.3 is 20.5 Å². The Hall–Kier alpha value is -1.59. The summed E-state index contributed by atoms with van der Waals surface area (Å²) in [6.45, 7) is 3.77. The number of ether oxygens (including phenoxy) is 1. The lowest BCUT2D eigenvalue weighted by Gasteiger charge is -2.24. The highest BCUT2D eigenvalue weighted by molar-refractivity contribution is 5.82. The second kappa shape index (κ2) is 6.54. The van der Waals surface area contributed by atoms with E-state index in [2.05, 4.69) is 10.6 Å². The van der Waals surface area contributed by atoms with Gasteiger partial charge in [0.05, 0.1) is 13.2 Å². The summed E-state index contributed by atoms with van der Waals surface area (Å²) in [5.74, 6) is 0.231. The summed E-state index contributed by atoms with van der Waals surface area (Å²) >= 11 is 0. The highest BCUT2D eigenvalue weighted by atomic mass is 16.5. The van der Waals surface area contributed by atoms with E-state index in [1.807, 2.05) is 19.1 Å². The zero-order valence-corrected chi connectivity index (χ0v) is 11.1. The SMILES string of the molecule is CC(Cc1ccc(O)cc1)NC(=O)[C@H]1COCCN1. The predicted octanol–water partition coefficient (Wildman–Crippen LogP) is 0.428. The van der Waals surface area contributed by atoms with Crippen LogP contribution in [0.1, 0.15) is 12.5 Å². The van der Waals surface area contributed by atoms with Crippen LogP contribution >= 0.6 is 0 Å². The molecular weight excluding hydrogens is 244 g/mol. The predicted molar refractivity (Wildman–Crippen MR) is 72.0 cm³/mol. The number of benzene rings is 1. The number of hydrogen-bond donors (Lipinski definition) is 3. The normalized spacial score (nSPS) is 20.8. The topological polar surface area (TPSA) is 70.6 Å². The van der Waals surface area contributed by atoms with Gasteiger partial charge in [-0.25, -0.2) is 0 Å². The number of amides is 1. The van der Waals surface area contributed by atoms with Gasteiger partial charge in [0.25, 0.3) is 0 Å². The molecule has 1 aliphatic rings. The van der Waals surface area contributed by atoms with Crippen molar-refractivity contribution >= 4 is 5.91 Å². The third-order valence-electron chi connectivity index (χ3n) is 3.11. The van der Waals surface area contributed by atoms with Crippen LogP contribution in [-0.2, 0) is 16.0 Å². The van der Waals surface area contributed by atoms with Crippen molar-refractivity contribution in [3.63, 3.8) is 0 Å². The van der Waals surface area contributed by atoms with Crippen molar-refractivity contribution in [2.24, 2.45) is 0 Å². The molecule has 5 heteroatoms. The summed E-state index contributed by atoms with van der Waals surface area (Å²) in [6, 6.07) is 6.82. The van der Waals surface area contributed by atoms with E-state index in [0.717, 1.165) is 12.0 Å². The van der Waals surface area contributed by atoms with Crippen molar-refractivity contribution in [1.29, 1.82) is 0 Å². The number of nitrogens with one attached hydrogen (secondary N) is 2. The molecule has 1 aliphatic heterocycles. The van der Waals surface area contributed by atoms with Crippen molar-refractivity contribution in [3.8, 4) is 5.75 Å². The fraction of sp³-hybridized carbons (Fsp3) is 0.500. The first-order valence-corrected chi connectivity index (χ1v) is 6.54. The minimum Gasteiger partial charge on any atom is -0.508 e. The van der Waals surface area contributed by atoms with Crippen LogP contribution < -0.4 is 10.6 Å². The standard InChI is InChI=1S/C14H20N2O3/c1-10(8-11-2-4-12(17)5-3-11)16-14(18)13-9-19-7-6-15-13/h2-5,10,13,15,17H,6-9H2,1H3,(H,16,18)/t10?,13-/m1/s1. The van der Waals surface area contributed by atoms with E-state index in [1.54, 1.807) is 12.1 Å². The van der Waals surface area contributed by atoms with E-state index in [0.29, 0.717) is 19.8 Å². The van der Waals surface area contributed by atoms with Crippen LogP contribution in [0.25, 0.3) is 0 Å². The smallest absolute Gasteiger partial charge is 0.239 e. The molecule has 0 saturated carbocycles. The van der Waals surface area contributed by atoms with Gasteiger partial charge in [0.1, 0.15) is 11.8 Å². The molecule has 1 unspecified atom stereocenters. The Bertz CT molecular complexity index is 413. The maximum Gasteiger partial charge on any atom is 0.239 e. The average molecular weight is 264 g/mol. The van der Waals surface area contributed by atoms with Gasteiger partial charge >= 0.3 is 0 Å². The van der Waals surface area contributed by atoms with E-state index in [9.17, 15) is 9.90 Å². The van der Waals surface area contributed by atoms with Crippen molar-refractivity contribution in [2.45, 2.75) is 25.4 Å². The summed E-state index contributed by atoms with van der Waals surface area (Å²) in [6.07, 6.45) is 0.736. The molecule has 0 aromatic heterocycles. The van der Waals surface area contributed by atoms with Gasteiger partial charge in [0, 0.05) is 12.6 Å². The molecule has 3 N–H and O–H groups in total. The molecule has 0 aliphatic carbocycles. The summed E-state index contributed by atoms with van der Waals surface area (Å²) < 4.78 is 5.27. The highest BCUT2D eigenvalue weighted by Crippen LogP contribution is 2.11. The lowest BCUT2D eigenvalue weighted by atomic mass is 10.1. The van der Waals surface area contributed by atoms with Crippen LogP contribution in [0, 0.1) is 0 Å². The number of phenolic OH excluding ortho intramolecular Hbond substituents is 1. The van der Waals surface area contributed by atoms with Crippen LogP contribution in [0.15, 0.2) is 24.3 Å². The van der Waals surface area contributed by atoms with Crippen molar-refractivity contribution in [2.75, 3.05) is 19.8 Å². The molecule has 0 radical (unpaired) electrons. The molecule has 1 aromatic carbocycles. The number of hydrogen-bond acceptors (Lipinski definition) is 4. The first kappa shape index (κ1) is 13.8. The molecule has 5 nitrogen and oxygen atoms in total. The molecule has 19 heavy (non-hydrogen) atoms. The molecule has 1 heterocycles.